The van der Waals surface area contributed by atoms with Crippen molar-refractivity contribution in [2.24, 2.45) is 7.05 Å². The zero-order chi connectivity index (χ0) is 30.0. The van der Waals surface area contributed by atoms with Crippen molar-refractivity contribution in [3.63, 3.8) is 0 Å². The second kappa shape index (κ2) is 12.5. The number of aliphatic hydroxyl groups is 1. The molecule has 4 aromatic rings. The summed E-state index contributed by atoms with van der Waals surface area (Å²) in [5, 5.41) is 23.5. The normalized spacial score (nSPS) is 18.7. The number of hydrogen-bond donors (Lipinski definition) is 2. The highest BCUT2D eigenvalue weighted by Gasteiger charge is 2.33. The Hall–Kier alpha value is -3.92. The highest BCUT2D eigenvalue weighted by atomic mass is 32.2. The van der Waals surface area contributed by atoms with Crippen molar-refractivity contribution in [1.29, 1.82) is 0 Å². The maximum atomic E-state index is 14.2. The Morgan fingerprint density at radius 2 is 1.69 bits per heavy atom. The molecule has 1 amide bonds. The molecule has 1 aromatic heterocycles. The van der Waals surface area contributed by atoms with Gasteiger partial charge in [0.05, 0.1) is 18.8 Å². The Bertz CT molecular complexity index is 1580. The average molecular weight is 608 g/mol. The molecule has 2 N–H and O–H groups in total. The molecule has 0 unspecified atom stereocenters. The molecular formula is C27H22F5N5O4S. The van der Waals surface area contributed by atoms with E-state index in [0.717, 1.165) is 11.1 Å². The number of aromatic nitrogens is 4. The van der Waals surface area contributed by atoms with Crippen LogP contribution in [0, 0.1) is 29.1 Å². The number of nitrogens with one attached hydrogen (secondary N) is 1. The molecule has 1 aliphatic heterocycles. The van der Waals surface area contributed by atoms with Crippen LogP contribution in [-0.2, 0) is 23.1 Å². The molecule has 15 heteroatoms. The number of ether oxygens (including phenoxy) is 2. The van der Waals surface area contributed by atoms with Crippen molar-refractivity contribution in [3.05, 3.63) is 99.9 Å². The number of aryl methyl sites for hydroxylation is 1. The number of tetrazole rings is 1. The van der Waals surface area contributed by atoms with Gasteiger partial charge in [-0.25, -0.2) is 26.6 Å². The predicted molar refractivity (Wildman–Crippen MR) is 139 cm³/mol. The molecule has 3 atom stereocenters. The van der Waals surface area contributed by atoms with Gasteiger partial charge in [0.1, 0.15) is 5.56 Å². The molecule has 0 radical (unpaired) electrons. The van der Waals surface area contributed by atoms with Crippen molar-refractivity contribution in [1.82, 2.24) is 20.2 Å². The third-order valence-electron chi connectivity index (χ3n) is 6.45. The summed E-state index contributed by atoms with van der Waals surface area (Å²) in [6.45, 7) is -0.119. The summed E-state index contributed by atoms with van der Waals surface area (Å²) in [7, 11) is 1.70. The van der Waals surface area contributed by atoms with E-state index < -0.39 is 53.0 Å². The van der Waals surface area contributed by atoms with E-state index in [4.69, 9.17) is 9.47 Å². The van der Waals surface area contributed by atoms with E-state index in [1.165, 1.54) is 34.6 Å². The summed E-state index contributed by atoms with van der Waals surface area (Å²) in [6, 6.07) is 13.1. The van der Waals surface area contributed by atoms with Crippen LogP contribution >= 0.6 is 11.8 Å². The molecular weight excluding hydrogens is 585 g/mol. The molecule has 5 rings (SSSR count). The maximum absolute atomic E-state index is 14.2. The fourth-order valence-electron chi connectivity index (χ4n) is 4.29. The van der Waals surface area contributed by atoms with Gasteiger partial charge in [0, 0.05) is 30.5 Å². The summed E-state index contributed by atoms with van der Waals surface area (Å²) in [6.07, 6.45) is -1.30. The fraction of sp³-hybridized carbons (Fsp3) is 0.259. The second-order valence-electron chi connectivity index (χ2n) is 9.27. The first-order valence-electron chi connectivity index (χ1n) is 12.4. The largest absolute Gasteiger partial charge is 0.392 e. The Morgan fingerprint density at radius 3 is 2.33 bits per heavy atom. The van der Waals surface area contributed by atoms with Crippen molar-refractivity contribution >= 4 is 23.4 Å². The number of hydrogen-bond acceptors (Lipinski definition) is 8. The Labute approximate surface area is 239 Å². The lowest BCUT2D eigenvalue weighted by Crippen LogP contribution is -2.31. The second-order valence-corrected chi connectivity index (χ2v) is 10.3. The quantitative estimate of drug-likeness (QED) is 0.125. The van der Waals surface area contributed by atoms with Gasteiger partial charge in [0.15, 0.2) is 29.6 Å². The Morgan fingerprint density at radius 1 is 1.00 bits per heavy atom. The molecule has 1 saturated heterocycles. The summed E-state index contributed by atoms with van der Waals surface area (Å²) in [5.74, 6) is -12.4. The van der Waals surface area contributed by atoms with Gasteiger partial charge in [-0.05, 0) is 33.7 Å². The average Bonchev–Trinajstić information content (AvgIpc) is 3.42. The maximum Gasteiger partial charge on any atom is 0.261 e. The SMILES string of the molecule is Cn1nnnc1SC[C@H]1C[C@@H](c2ccc(CO)cc2)O[C@@H](c2cccc(NC(=O)c3c(F)c(F)c(F)c(F)c3F)c2)O1. The van der Waals surface area contributed by atoms with Crippen molar-refractivity contribution in [2.75, 3.05) is 11.1 Å². The summed E-state index contributed by atoms with van der Waals surface area (Å²) >= 11 is 1.37. The molecule has 0 spiro atoms. The van der Waals surface area contributed by atoms with Crippen LogP contribution in [0.2, 0.25) is 0 Å². The van der Waals surface area contributed by atoms with Crippen LogP contribution in [0.3, 0.4) is 0 Å². The number of thioether (sulfide) groups is 1. The van der Waals surface area contributed by atoms with Crippen LogP contribution in [-0.4, -0.2) is 43.1 Å². The fourth-order valence-corrected chi connectivity index (χ4v) is 5.16. The lowest BCUT2D eigenvalue weighted by molar-refractivity contribution is -0.245. The zero-order valence-corrected chi connectivity index (χ0v) is 22.5. The first-order chi connectivity index (χ1) is 20.2. The lowest BCUT2D eigenvalue weighted by atomic mass is 10.0. The number of carbonyl (C=O) groups is 1. The van der Waals surface area contributed by atoms with Crippen LogP contribution in [0.1, 0.15) is 45.9 Å². The number of anilines is 1. The number of rotatable bonds is 8. The first-order valence-corrected chi connectivity index (χ1v) is 13.4. The predicted octanol–water partition coefficient (Wildman–Crippen LogP) is 4.99. The van der Waals surface area contributed by atoms with Crippen molar-refractivity contribution in [2.45, 2.75) is 36.7 Å². The summed E-state index contributed by atoms with van der Waals surface area (Å²) in [4.78, 5) is 12.6. The van der Waals surface area contributed by atoms with Crippen molar-refractivity contribution in [3.8, 4) is 0 Å². The van der Waals surface area contributed by atoms with E-state index in [1.54, 1.807) is 25.2 Å². The third-order valence-corrected chi connectivity index (χ3v) is 7.59. The van der Waals surface area contributed by atoms with E-state index >= 15 is 0 Å². The van der Waals surface area contributed by atoms with Crippen LogP contribution < -0.4 is 5.32 Å². The Balaban J connectivity index is 1.39. The topological polar surface area (TPSA) is 111 Å². The number of aliphatic hydroxyl groups excluding tert-OH is 1. The van der Waals surface area contributed by atoms with E-state index in [-0.39, 0.29) is 18.4 Å². The first kappa shape index (κ1) is 29.6. The third kappa shape index (κ3) is 6.13. The minimum Gasteiger partial charge on any atom is -0.392 e. The molecule has 0 aliphatic carbocycles. The summed E-state index contributed by atoms with van der Waals surface area (Å²) in [5.41, 5.74) is 0.355. The van der Waals surface area contributed by atoms with Gasteiger partial charge < -0.3 is 19.9 Å². The molecule has 3 aromatic carbocycles. The standard InChI is InChI=1S/C27H22F5N5O4S/c1-37-27(34-35-36-37)42-12-17-10-18(14-7-5-13(11-38)6-8-14)41-26(40-17)15-3-2-4-16(9-15)33-25(39)19-20(28)22(30)24(32)23(31)21(19)29/h2-9,17-18,26,38H,10-12H2,1H3,(H,33,39)/t17-,18+,26+/m1/s1. The molecule has 2 heterocycles. The van der Waals surface area contributed by atoms with E-state index in [0.29, 0.717) is 22.9 Å². The van der Waals surface area contributed by atoms with Gasteiger partial charge in [-0.2, -0.15) is 0 Å². The lowest BCUT2D eigenvalue weighted by Gasteiger charge is -2.36. The van der Waals surface area contributed by atoms with Gasteiger partial charge >= 0.3 is 0 Å². The van der Waals surface area contributed by atoms with Crippen molar-refractivity contribution < 1.29 is 41.3 Å². The number of amides is 1. The van der Waals surface area contributed by atoms with Gasteiger partial charge in [-0.3, -0.25) is 4.79 Å². The van der Waals surface area contributed by atoms with Crippen LogP contribution in [0.25, 0.3) is 0 Å². The minimum atomic E-state index is -2.36. The van der Waals surface area contributed by atoms with Gasteiger partial charge in [-0.15, -0.1) is 5.10 Å². The van der Waals surface area contributed by atoms with Gasteiger partial charge in [0.2, 0.25) is 11.0 Å². The minimum absolute atomic E-state index is 0.000789. The smallest absolute Gasteiger partial charge is 0.261 e. The van der Waals surface area contributed by atoms with Gasteiger partial charge in [0.25, 0.3) is 5.91 Å². The number of halogens is 5. The molecule has 42 heavy (non-hydrogen) atoms. The molecule has 1 fully saturated rings. The van der Waals surface area contributed by atoms with Crippen LogP contribution in [0.5, 0.6) is 0 Å². The molecule has 220 valence electrons. The van der Waals surface area contributed by atoms with Gasteiger partial charge in [-0.1, -0.05) is 48.2 Å². The van der Waals surface area contributed by atoms with E-state index in [2.05, 4.69) is 20.8 Å². The molecule has 0 bridgehead atoms. The van der Waals surface area contributed by atoms with E-state index in [9.17, 15) is 31.9 Å². The highest BCUT2D eigenvalue weighted by Crippen LogP contribution is 2.39. The highest BCUT2D eigenvalue weighted by molar-refractivity contribution is 7.99. The zero-order valence-electron chi connectivity index (χ0n) is 21.7. The molecule has 1 aliphatic rings. The molecule has 0 saturated carbocycles. The van der Waals surface area contributed by atoms with Crippen LogP contribution in [0.15, 0.2) is 53.7 Å². The van der Waals surface area contributed by atoms with Crippen LogP contribution in [0.4, 0.5) is 27.6 Å². The number of benzene rings is 3. The summed E-state index contributed by atoms with van der Waals surface area (Å²) < 4.78 is 83.0. The number of nitrogens with zero attached hydrogens (tertiary/aromatic N) is 4. The number of carbonyl (C=O) groups excluding carboxylic acids is 1. The monoisotopic (exact) mass is 607 g/mol. The Kier molecular flexibility index (Phi) is 8.82. The van der Waals surface area contributed by atoms with E-state index in [1.807, 2.05) is 12.1 Å². The molecule has 9 nitrogen and oxygen atoms in total.